The molecule has 0 saturated carbocycles. The van der Waals surface area contributed by atoms with Crippen molar-refractivity contribution in [1.29, 1.82) is 0 Å². The summed E-state index contributed by atoms with van der Waals surface area (Å²) in [5.41, 5.74) is -5.12. The Hall–Kier alpha value is -3.26. The van der Waals surface area contributed by atoms with Gasteiger partial charge in [-0.05, 0) is 34.9 Å². The molecule has 2 amide bonds. The van der Waals surface area contributed by atoms with Gasteiger partial charge in [-0.1, -0.05) is 18.2 Å². The fourth-order valence-corrected chi connectivity index (χ4v) is 4.83. The predicted octanol–water partition coefficient (Wildman–Crippen LogP) is 4.65. The van der Waals surface area contributed by atoms with Crippen molar-refractivity contribution in [2.45, 2.75) is 48.6 Å². The van der Waals surface area contributed by atoms with Gasteiger partial charge in [-0.25, -0.2) is 0 Å². The standard InChI is InChI=1S/C23H20F6N2O5S/c1-12(32)31-11-13-9-16(37(2)36)7-8-17(13)19(31)20(35)30-15-5-3-14(4-6-15)21(10-18(33)34,22(24,25)26)23(27,28)29/h3-9,19,36H,10-11H2,1-2H3,(H-,30,33,34,35)/p+1. The number of anilines is 1. The minimum Gasteiger partial charge on any atom is -0.481 e. The molecule has 0 aromatic heterocycles. The van der Waals surface area contributed by atoms with Gasteiger partial charge in [0.2, 0.25) is 5.91 Å². The Bertz CT molecular complexity index is 1200. The highest BCUT2D eigenvalue weighted by Gasteiger charge is 2.72. The van der Waals surface area contributed by atoms with Gasteiger partial charge in [-0.15, -0.1) is 0 Å². The lowest BCUT2D eigenvalue weighted by atomic mass is 9.76. The van der Waals surface area contributed by atoms with E-state index in [0.717, 1.165) is 12.1 Å². The third kappa shape index (κ3) is 5.25. The monoisotopic (exact) mass is 551 g/mol. The first-order chi connectivity index (χ1) is 17.0. The molecule has 3 rings (SSSR count). The Kier molecular flexibility index (Phi) is 7.57. The van der Waals surface area contributed by atoms with Crippen LogP contribution in [-0.4, -0.2) is 51.0 Å². The van der Waals surface area contributed by atoms with Crippen molar-refractivity contribution < 1.29 is 50.4 Å². The summed E-state index contributed by atoms with van der Waals surface area (Å²) in [6.07, 6.45) is -12.7. The molecule has 0 aliphatic carbocycles. The number of carbonyl (C=O) groups is 3. The van der Waals surface area contributed by atoms with E-state index >= 15 is 0 Å². The summed E-state index contributed by atoms with van der Waals surface area (Å²) < 4.78 is 91.8. The van der Waals surface area contributed by atoms with Gasteiger partial charge in [0.05, 0.1) is 6.42 Å². The van der Waals surface area contributed by atoms with Gasteiger partial charge in [0.1, 0.15) is 12.3 Å². The SMILES string of the molecule is CC(=O)N1Cc2cc([S+](C)O)ccc2C1C(=O)Nc1ccc(C(CC(=O)O)(C(F)(F)F)C(F)(F)F)cc1. The molecule has 2 aromatic carbocycles. The van der Waals surface area contributed by atoms with E-state index in [1.54, 1.807) is 24.5 Å². The number of hydrogen-bond acceptors (Lipinski definition) is 4. The van der Waals surface area contributed by atoms with Crippen LogP contribution in [0.2, 0.25) is 0 Å². The summed E-state index contributed by atoms with van der Waals surface area (Å²) in [5.74, 6) is -3.52. The first-order valence-corrected chi connectivity index (χ1v) is 12.1. The van der Waals surface area contributed by atoms with Crippen molar-refractivity contribution in [3.8, 4) is 0 Å². The van der Waals surface area contributed by atoms with Crippen LogP contribution in [0, 0.1) is 0 Å². The largest absolute Gasteiger partial charge is 0.481 e. The highest BCUT2D eigenvalue weighted by Crippen LogP contribution is 2.54. The van der Waals surface area contributed by atoms with Gasteiger partial charge in [-0.3, -0.25) is 14.4 Å². The molecule has 2 unspecified atom stereocenters. The van der Waals surface area contributed by atoms with Crippen molar-refractivity contribution in [2.75, 3.05) is 11.6 Å². The Morgan fingerprint density at radius 1 is 1.03 bits per heavy atom. The number of hydrogen-bond donors (Lipinski definition) is 3. The highest BCUT2D eigenvalue weighted by atomic mass is 32.2. The Morgan fingerprint density at radius 3 is 2.05 bits per heavy atom. The Labute approximate surface area is 209 Å². The normalized spacial score (nSPS) is 16.8. The average Bonchev–Trinajstić information content (AvgIpc) is 3.15. The van der Waals surface area contributed by atoms with E-state index in [2.05, 4.69) is 5.32 Å². The smallest absolute Gasteiger partial charge is 0.407 e. The van der Waals surface area contributed by atoms with Gasteiger partial charge in [0.15, 0.2) is 21.5 Å². The van der Waals surface area contributed by atoms with Gasteiger partial charge in [0, 0.05) is 25.2 Å². The van der Waals surface area contributed by atoms with E-state index in [9.17, 15) is 45.3 Å². The summed E-state index contributed by atoms with van der Waals surface area (Å²) >= 11 is -1.07. The summed E-state index contributed by atoms with van der Waals surface area (Å²) in [7, 11) is 0. The Morgan fingerprint density at radius 2 is 1.59 bits per heavy atom. The quantitative estimate of drug-likeness (QED) is 0.358. The lowest BCUT2D eigenvalue weighted by molar-refractivity contribution is -0.304. The van der Waals surface area contributed by atoms with Crippen molar-refractivity contribution in [2.24, 2.45) is 0 Å². The van der Waals surface area contributed by atoms with Crippen LogP contribution in [0.4, 0.5) is 32.0 Å². The third-order valence-electron chi connectivity index (χ3n) is 6.08. The van der Waals surface area contributed by atoms with Crippen LogP contribution in [0.15, 0.2) is 47.4 Å². The van der Waals surface area contributed by atoms with Crippen LogP contribution in [0.5, 0.6) is 0 Å². The summed E-state index contributed by atoms with van der Waals surface area (Å²) in [6, 6.07) is 6.17. The first-order valence-electron chi connectivity index (χ1n) is 10.5. The van der Waals surface area contributed by atoms with Crippen molar-refractivity contribution >= 4 is 34.6 Å². The number of nitrogens with zero attached hydrogens (tertiary/aromatic N) is 1. The van der Waals surface area contributed by atoms with Crippen LogP contribution in [-0.2, 0) is 37.5 Å². The number of carbonyl (C=O) groups excluding carboxylic acids is 2. The topological polar surface area (TPSA) is 107 Å². The molecule has 0 saturated heterocycles. The van der Waals surface area contributed by atoms with Gasteiger partial charge in [0.25, 0.3) is 5.91 Å². The first kappa shape index (κ1) is 28.3. The predicted molar refractivity (Wildman–Crippen MR) is 121 cm³/mol. The molecule has 1 aliphatic heterocycles. The molecule has 37 heavy (non-hydrogen) atoms. The maximum atomic E-state index is 13.7. The molecule has 7 nitrogen and oxygen atoms in total. The van der Waals surface area contributed by atoms with E-state index in [4.69, 9.17) is 5.11 Å². The maximum Gasteiger partial charge on any atom is 0.407 e. The molecule has 0 spiro atoms. The van der Waals surface area contributed by atoms with Gasteiger partial charge < -0.3 is 15.3 Å². The molecular weight excluding hydrogens is 530 g/mol. The van der Waals surface area contributed by atoms with E-state index < -0.39 is 64.8 Å². The van der Waals surface area contributed by atoms with Gasteiger partial charge >= 0.3 is 18.3 Å². The number of benzene rings is 2. The number of rotatable bonds is 6. The number of alkyl halides is 6. The molecule has 2 aromatic rings. The molecule has 0 fully saturated rings. The minimum atomic E-state index is -5.98. The zero-order chi connectivity index (χ0) is 27.9. The summed E-state index contributed by atoms with van der Waals surface area (Å²) in [4.78, 5) is 38.0. The van der Waals surface area contributed by atoms with Crippen LogP contribution >= 0.6 is 0 Å². The van der Waals surface area contributed by atoms with Gasteiger partial charge in [-0.2, -0.15) is 30.9 Å². The van der Waals surface area contributed by atoms with E-state index in [0.29, 0.717) is 28.2 Å². The van der Waals surface area contributed by atoms with Crippen molar-refractivity contribution in [1.82, 2.24) is 4.90 Å². The Balaban J connectivity index is 1.95. The molecule has 2 atom stereocenters. The van der Waals surface area contributed by atoms with E-state index in [1.165, 1.54) is 11.8 Å². The number of carboxylic acid groups (broad SMARTS) is 1. The second-order valence-electron chi connectivity index (χ2n) is 8.43. The molecule has 3 N–H and O–H groups in total. The second kappa shape index (κ2) is 9.89. The second-order valence-corrected chi connectivity index (χ2v) is 9.85. The third-order valence-corrected chi connectivity index (χ3v) is 7.02. The summed E-state index contributed by atoms with van der Waals surface area (Å²) in [6.45, 7) is 1.29. The zero-order valence-electron chi connectivity index (χ0n) is 19.3. The van der Waals surface area contributed by atoms with Crippen LogP contribution in [0.3, 0.4) is 0 Å². The van der Waals surface area contributed by atoms with Crippen LogP contribution in [0.1, 0.15) is 36.1 Å². The number of halogens is 6. The fraction of sp³-hybridized carbons (Fsp3) is 0.348. The van der Waals surface area contributed by atoms with Crippen molar-refractivity contribution in [3.05, 3.63) is 59.2 Å². The molecule has 0 radical (unpaired) electrons. The molecular formula is C23H21F6N2O5S+. The zero-order valence-corrected chi connectivity index (χ0v) is 20.1. The molecule has 1 heterocycles. The number of nitrogens with one attached hydrogen (secondary N) is 1. The number of amides is 2. The van der Waals surface area contributed by atoms with Crippen LogP contribution in [0.25, 0.3) is 0 Å². The fourth-order valence-electron chi connectivity index (χ4n) is 4.25. The number of carboxylic acids is 1. The minimum absolute atomic E-state index is 0.0571. The molecule has 200 valence electrons. The lowest BCUT2D eigenvalue weighted by Crippen LogP contribution is -2.55. The number of aliphatic carboxylic acids is 1. The van der Waals surface area contributed by atoms with Crippen molar-refractivity contribution in [3.63, 3.8) is 0 Å². The average molecular weight is 551 g/mol. The van der Waals surface area contributed by atoms with E-state index in [-0.39, 0.29) is 12.2 Å². The number of fused-ring (bicyclic) bond motifs is 1. The molecule has 14 heteroatoms. The van der Waals surface area contributed by atoms with Crippen LogP contribution < -0.4 is 5.32 Å². The maximum absolute atomic E-state index is 13.7. The van der Waals surface area contributed by atoms with E-state index in [1.807, 2.05) is 0 Å². The lowest BCUT2D eigenvalue weighted by Gasteiger charge is -2.36. The highest BCUT2D eigenvalue weighted by molar-refractivity contribution is 7.90. The summed E-state index contributed by atoms with van der Waals surface area (Å²) in [5, 5.41) is 11.2. The molecule has 0 bridgehead atoms. The molecule has 1 aliphatic rings.